The van der Waals surface area contributed by atoms with Crippen molar-refractivity contribution in [2.24, 2.45) is 0 Å². The Bertz CT molecular complexity index is 323. The van der Waals surface area contributed by atoms with Crippen molar-refractivity contribution in [3.05, 3.63) is 23.7 Å². The largest absolute Gasteiger partial charge is 0.463 e. The number of nitrogens with zero attached hydrogens (tertiary/aromatic N) is 1. The Morgan fingerprint density at radius 3 is 2.67 bits per heavy atom. The molecule has 0 aliphatic carbocycles. The lowest BCUT2D eigenvalue weighted by atomic mass is 10.3. The molecular formula is C14H26N2O2. The zero-order valence-corrected chi connectivity index (χ0v) is 12.0. The van der Waals surface area contributed by atoms with Crippen LogP contribution < -0.4 is 5.32 Å². The lowest BCUT2D eigenvalue weighted by molar-refractivity contribution is 0.119. The monoisotopic (exact) mass is 254 g/mol. The van der Waals surface area contributed by atoms with E-state index in [9.17, 15) is 0 Å². The van der Waals surface area contributed by atoms with Crippen LogP contribution in [0.15, 0.2) is 16.5 Å². The van der Waals surface area contributed by atoms with E-state index < -0.39 is 0 Å². The van der Waals surface area contributed by atoms with Gasteiger partial charge in [-0.05, 0) is 32.5 Å². The number of methoxy groups -OCH3 is 1. The lowest BCUT2D eigenvalue weighted by Crippen LogP contribution is -2.33. The van der Waals surface area contributed by atoms with Gasteiger partial charge in [-0.2, -0.15) is 0 Å². The summed E-state index contributed by atoms with van der Waals surface area (Å²) in [6.45, 7) is 10.8. The van der Waals surface area contributed by atoms with Gasteiger partial charge in [0.2, 0.25) is 0 Å². The summed E-state index contributed by atoms with van der Waals surface area (Å²) >= 11 is 0. The molecule has 0 fully saturated rings. The second kappa shape index (κ2) is 8.29. The first kappa shape index (κ1) is 15.2. The van der Waals surface area contributed by atoms with Crippen molar-refractivity contribution in [1.82, 2.24) is 10.2 Å². The number of rotatable bonds is 9. The molecule has 0 saturated carbocycles. The molecular weight excluding hydrogens is 228 g/mol. The molecule has 1 N–H and O–H groups in total. The van der Waals surface area contributed by atoms with Crippen LogP contribution in [0.25, 0.3) is 0 Å². The lowest BCUT2D eigenvalue weighted by Gasteiger charge is -2.24. The van der Waals surface area contributed by atoms with E-state index in [4.69, 9.17) is 9.15 Å². The third-order valence-corrected chi connectivity index (χ3v) is 2.94. The highest BCUT2D eigenvalue weighted by molar-refractivity contribution is 5.07. The molecule has 0 unspecified atom stereocenters. The predicted octanol–water partition coefficient (Wildman–Crippen LogP) is 2.25. The fourth-order valence-corrected chi connectivity index (χ4v) is 1.78. The topological polar surface area (TPSA) is 37.6 Å². The summed E-state index contributed by atoms with van der Waals surface area (Å²) in [4.78, 5) is 2.35. The summed E-state index contributed by atoms with van der Waals surface area (Å²) in [7, 11) is 1.74. The molecule has 1 rings (SSSR count). The Morgan fingerprint density at radius 2 is 2.06 bits per heavy atom. The Hall–Kier alpha value is -0.840. The van der Waals surface area contributed by atoms with E-state index in [1.54, 1.807) is 7.11 Å². The van der Waals surface area contributed by atoms with Crippen LogP contribution in [0.3, 0.4) is 0 Å². The average molecular weight is 254 g/mol. The Kier molecular flexibility index (Phi) is 7.01. The Labute approximate surface area is 110 Å². The van der Waals surface area contributed by atoms with Crippen molar-refractivity contribution in [2.45, 2.75) is 39.9 Å². The molecule has 4 heteroatoms. The maximum Gasteiger partial charge on any atom is 0.118 e. The summed E-state index contributed by atoms with van der Waals surface area (Å²) in [5, 5.41) is 3.26. The number of hydrogen-bond donors (Lipinski definition) is 1. The van der Waals surface area contributed by atoms with Crippen molar-refractivity contribution in [3.8, 4) is 0 Å². The maximum atomic E-state index is 5.80. The molecule has 0 radical (unpaired) electrons. The summed E-state index contributed by atoms with van der Waals surface area (Å²) in [6, 6.07) is 4.60. The maximum absolute atomic E-state index is 5.80. The Morgan fingerprint density at radius 1 is 1.33 bits per heavy atom. The van der Waals surface area contributed by atoms with Crippen LogP contribution in [0, 0.1) is 0 Å². The second-order valence-electron chi connectivity index (χ2n) is 4.71. The summed E-state index contributed by atoms with van der Waals surface area (Å²) in [5.74, 6) is 2.02. The van der Waals surface area contributed by atoms with Gasteiger partial charge in [0, 0.05) is 19.7 Å². The van der Waals surface area contributed by atoms with E-state index in [0.717, 1.165) is 44.3 Å². The van der Waals surface area contributed by atoms with Crippen LogP contribution in [0.2, 0.25) is 0 Å². The minimum Gasteiger partial charge on any atom is -0.463 e. The van der Waals surface area contributed by atoms with Gasteiger partial charge in [0.05, 0.1) is 19.7 Å². The van der Waals surface area contributed by atoms with E-state index in [0.29, 0.717) is 6.04 Å². The number of furan rings is 1. The van der Waals surface area contributed by atoms with Crippen LogP contribution in [0.1, 0.15) is 32.3 Å². The summed E-state index contributed by atoms with van der Waals surface area (Å²) in [6.07, 6.45) is 0. The van der Waals surface area contributed by atoms with Crippen LogP contribution in [0.5, 0.6) is 0 Å². The van der Waals surface area contributed by atoms with Gasteiger partial charge >= 0.3 is 0 Å². The molecule has 104 valence electrons. The standard InChI is InChI=1S/C14H26N2O2/c1-5-15-10-13-6-7-14(18-13)11-16(12(2)3)8-9-17-4/h6-7,12,15H,5,8-11H2,1-4H3. The molecule has 0 saturated heterocycles. The van der Waals surface area contributed by atoms with E-state index in [-0.39, 0.29) is 0 Å². The van der Waals surface area contributed by atoms with E-state index in [1.807, 2.05) is 6.07 Å². The van der Waals surface area contributed by atoms with E-state index >= 15 is 0 Å². The van der Waals surface area contributed by atoms with E-state index in [2.05, 4.69) is 37.1 Å². The fourth-order valence-electron chi connectivity index (χ4n) is 1.78. The molecule has 0 amide bonds. The predicted molar refractivity (Wildman–Crippen MR) is 73.5 cm³/mol. The molecule has 1 heterocycles. The first-order valence-corrected chi connectivity index (χ1v) is 6.68. The third-order valence-electron chi connectivity index (χ3n) is 2.94. The number of ether oxygens (including phenoxy) is 1. The zero-order chi connectivity index (χ0) is 13.4. The molecule has 0 aliphatic rings. The van der Waals surface area contributed by atoms with Crippen LogP contribution in [-0.4, -0.2) is 37.7 Å². The summed E-state index contributed by atoms with van der Waals surface area (Å²) < 4.78 is 10.9. The fraction of sp³-hybridized carbons (Fsp3) is 0.714. The first-order valence-electron chi connectivity index (χ1n) is 6.68. The van der Waals surface area contributed by atoms with Gasteiger partial charge in [0.15, 0.2) is 0 Å². The molecule has 0 aromatic carbocycles. The number of nitrogens with one attached hydrogen (secondary N) is 1. The molecule has 18 heavy (non-hydrogen) atoms. The van der Waals surface area contributed by atoms with Crippen LogP contribution in [0.4, 0.5) is 0 Å². The van der Waals surface area contributed by atoms with E-state index in [1.165, 1.54) is 0 Å². The molecule has 0 bridgehead atoms. The SMILES string of the molecule is CCNCc1ccc(CN(CCOC)C(C)C)o1. The van der Waals surface area contributed by atoms with Gasteiger partial charge in [-0.3, -0.25) is 4.90 Å². The molecule has 1 aromatic heterocycles. The third kappa shape index (κ3) is 5.21. The quantitative estimate of drug-likeness (QED) is 0.733. The van der Waals surface area contributed by atoms with Gasteiger partial charge in [-0.1, -0.05) is 6.92 Å². The van der Waals surface area contributed by atoms with Gasteiger partial charge in [0.25, 0.3) is 0 Å². The molecule has 1 aromatic rings. The van der Waals surface area contributed by atoms with Gasteiger partial charge in [0.1, 0.15) is 11.5 Å². The van der Waals surface area contributed by atoms with Crippen molar-refractivity contribution in [2.75, 3.05) is 26.8 Å². The Balaban J connectivity index is 2.49. The highest BCUT2D eigenvalue weighted by Crippen LogP contribution is 2.12. The molecule has 4 nitrogen and oxygen atoms in total. The van der Waals surface area contributed by atoms with Gasteiger partial charge in [-0.15, -0.1) is 0 Å². The van der Waals surface area contributed by atoms with Crippen molar-refractivity contribution in [3.63, 3.8) is 0 Å². The van der Waals surface area contributed by atoms with Crippen LogP contribution in [-0.2, 0) is 17.8 Å². The van der Waals surface area contributed by atoms with Crippen molar-refractivity contribution in [1.29, 1.82) is 0 Å². The highest BCUT2D eigenvalue weighted by Gasteiger charge is 2.12. The molecule has 0 spiro atoms. The number of hydrogen-bond acceptors (Lipinski definition) is 4. The normalized spacial score (nSPS) is 11.7. The highest BCUT2D eigenvalue weighted by atomic mass is 16.5. The zero-order valence-electron chi connectivity index (χ0n) is 12.0. The second-order valence-corrected chi connectivity index (χ2v) is 4.71. The summed E-state index contributed by atoms with van der Waals surface area (Å²) in [5.41, 5.74) is 0. The van der Waals surface area contributed by atoms with Gasteiger partial charge < -0.3 is 14.5 Å². The molecule has 0 atom stereocenters. The minimum absolute atomic E-state index is 0.488. The van der Waals surface area contributed by atoms with Crippen molar-refractivity contribution >= 4 is 0 Å². The van der Waals surface area contributed by atoms with Crippen LogP contribution >= 0.6 is 0 Å². The van der Waals surface area contributed by atoms with Gasteiger partial charge in [-0.25, -0.2) is 0 Å². The average Bonchev–Trinajstić information content (AvgIpc) is 2.79. The molecule has 0 aliphatic heterocycles. The smallest absolute Gasteiger partial charge is 0.118 e. The first-order chi connectivity index (χ1) is 8.67. The minimum atomic E-state index is 0.488. The van der Waals surface area contributed by atoms with Crippen molar-refractivity contribution < 1.29 is 9.15 Å².